The third-order valence-corrected chi connectivity index (χ3v) is 4.92. The summed E-state index contributed by atoms with van der Waals surface area (Å²) in [6.45, 7) is 1.81. The minimum absolute atomic E-state index is 0.148. The van der Waals surface area contributed by atoms with Gasteiger partial charge in [-0.25, -0.2) is 9.69 Å². The molecule has 0 bridgehead atoms. The molecular formula is C18H12BrClN2O4. The van der Waals surface area contributed by atoms with Crippen molar-refractivity contribution in [2.75, 3.05) is 4.90 Å². The zero-order valence-electron chi connectivity index (χ0n) is 13.4. The topological polar surface area (TPSA) is 86.7 Å². The van der Waals surface area contributed by atoms with Gasteiger partial charge in [0.15, 0.2) is 0 Å². The van der Waals surface area contributed by atoms with Crippen LogP contribution in [0.1, 0.15) is 11.1 Å². The van der Waals surface area contributed by atoms with Gasteiger partial charge >= 0.3 is 6.03 Å². The van der Waals surface area contributed by atoms with Gasteiger partial charge in [-0.2, -0.15) is 0 Å². The van der Waals surface area contributed by atoms with Crippen molar-refractivity contribution in [3.05, 3.63) is 62.6 Å². The molecule has 0 unspecified atom stereocenters. The molecule has 6 nitrogen and oxygen atoms in total. The zero-order valence-corrected chi connectivity index (χ0v) is 15.8. The molecule has 0 aliphatic carbocycles. The summed E-state index contributed by atoms with van der Waals surface area (Å²) >= 11 is 9.25. The van der Waals surface area contributed by atoms with Gasteiger partial charge in [0.25, 0.3) is 11.8 Å². The second-order valence-corrected chi connectivity index (χ2v) is 6.89. The van der Waals surface area contributed by atoms with Gasteiger partial charge in [-0.3, -0.25) is 14.9 Å². The lowest BCUT2D eigenvalue weighted by Gasteiger charge is -2.26. The van der Waals surface area contributed by atoms with Crippen LogP contribution in [-0.2, 0) is 9.59 Å². The zero-order chi connectivity index (χ0) is 19.0. The van der Waals surface area contributed by atoms with Gasteiger partial charge in [-0.15, -0.1) is 0 Å². The van der Waals surface area contributed by atoms with Gasteiger partial charge in [0.1, 0.15) is 11.3 Å². The van der Waals surface area contributed by atoms with Crippen LogP contribution in [0.5, 0.6) is 5.75 Å². The molecule has 4 amide bonds. The summed E-state index contributed by atoms with van der Waals surface area (Å²) in [5.74, 6) is -1.78. The van der Waals surface area contributed by atoms with Gasteiger partial charge < -0.3 is 5.11 Å². The van der Waals surface area contributed by atoms with E-state index in [1.807, 2.05) is 6.92 Å². The Morgan fingerprint density at radius 3 is 2.58 bits per heavy atom. The third-order valence-electron chi connectivity index (χ3n) is 3.79. The van der Waals surface area contributed by atoms with Crippen LogP contribution in [0.2, 0.25) is 5.02 Å². The smallest absolute Gasteiger partial charge is 0.335 e. The predicted molar refractivity (Wildman–Crippen MR) is 101 cm³/mol. The third kappa shape index (κ3) is 3.36. The molecular weight excluding hydrogens is 424 g/mol. The van der Waals surface area contributed by atoms with Crippen molar-refractivity contribution in [1.82, 2.24) is 5.32 Å². The van der Waals surface area contributed by atoms with Gasteiger partial charge in [-0.1, -0.05) is 27.5 Å². The van der Waals surface area contributed by atoms with E-state index in [1.165, 1.54) is 24.3 Å². The van der Waals surface area contributed by atoms with Crippen molar-refractivity contribution in [3.63, 3.8) is 0 Å². The maximum absolute atomic E-state index is 12.8. The summed E-state index contributed by atoms with van der Waals surface area (Å²) in [5, 5.41) is 12.4. The fourth-order valence-electron chi connectivity index (χ4n) is 2.46. The summed E-state index contributed by atoms with van der Waals surface area (Å²) in [6, 6.07) is 8.32. The number of aromatic hydroxyl groups is 1. The van der Waals surface area contributed by atoms with E-state index in [2.05, 4.69) is 21.2 Å². The molecule has 1 aliphatic rings. The first-order chi connectivity index (χ1) is 12.3. The lowest BCUT2D eigenvalue weighted by Crippen LogP contribution is -2.54. The molecule has 26 heavy (non-hydrogen) atoms. The van der Waals surface area contributed by atoms with Gasteiger partial charge in [0, 0.05) is 15.1 Å². The fraction of sp³-hybridized carbons (Fsp3) is 0.0556. The number of anilines is 1. The summed E-state index contributed by atoms with van der Waals surface area (Å²) in [6.07, 6.45) is 1.20. The number of hydrogen-bond donors (Lipinski definition) is 2. The van der Waals surface area contributed by atoms with Gasteiger partial charge in [-0.05, 0) is 55.0 Å². The highest BCUT2D eigenvalue weighted by molar-refractivity contribution is 9.10. The molecule has 1 fully saturated rings. The number of halogens is 2. The number of imide groups is 2. The molecule has 0 aromatic heterocycles. The number of urea groups is 1. The molecule has 2 aromatic carbocycles. The summed E-state index contributed by atoms with van der Waals surface area (Å²) < 4.78 is 0.821. The second-order valence-electron chi connectivity index (χ2n) is 5.59. The average Bonchev–Trinajstić information content (AvgIpc) is 2.57. The Balaban J connectivity index is 2.07. The standard InChI is InChI=1S/C18H12BrClN2O4/c1-9-6-12(3-4-14(9)19)22-17(25)13(16(24)21-18(22)26)8-10-7-11(20)2-5-15(10)23/h2-8,23H,1H3,(H,21,24,26)/b13-8+. The first-order valence-electron chi connectivity index (χ1n) is 7.44. The fourth-order valence-corrected chi connectivity index (χ4v) is 2.88. The minimum Gasteiger partial charge on any atom is -0.507 e. The molecule has 2 aromatic rings. The van der Waals surface area contributed by atoms with Crippen LogP contribution in [0.25, 0.3) is 6.08 Å². The molecule has 1 saturated heterocycles. The number of phenolic OH excluding ortho intramolecular Hbond substituents is 1. The normalized spacial score (nSPS) is 16.2. The van der Waals surface area contributed by atoms with E-state index in [0.29, 0.717) is 10.7 Å². The number of carbonyl (C=O) groups excluding carboxylic acids is 3. The largest absolute Gasteiger partial charge is 0.507 e. The van der Waals surface area contributed by atoms with Crippen molar-refractivity contribution in [2.24, 2.45) is 0 Å². The van der Waals surface area contributed by atoms with E-state index in [-0.39, 0.29) is 16.9 Å². The summed E-state index contributed by atoms with van der Waals surface area (Å²) in [7, 11) is 0. The number of nitrogens with one attached hydrogen (secondary N) is 1. The molecule has 132 valence electrons. The van der Waals surface area contributed by atoms with Crippen molar-refractivity contribution in [3.8, 4) is 5.75 Å². The quantitative estimate of drug-likeness (QED) is 0.555. The molecule has 2 N–H and O–H groups in total. The predicted octanol–water partition coefficient (Wildman–Crippen LogP) is 3.78. The monoisotopic (exact) mass is 434 g/mol. The van der Waals surface area contributed by atoms with E-state index in [0.717, 1.165) is 14.9 Å². The summed E-state index contributed by atoms with van der Waals surface area (Å²) in [5.41, 5.74) is 1.04. The minimum atomic E-state index is -0.843. The maximum atomic E-state index is 12.8. The summed E-state index contributed by atoms with van der Waals surface area (Å²) in [4.78, 5) is 38.0. The number of amides is 4. The van der Waals surface area contributed by atoms with E-state index in [9.17, 15) is 19.5 Å². The number of barbiturate groups is 1. The number of rotatable bonds is 2. The number of carbonyl (C=O) groups is 3. The van der Waals surface area contributed by atoms with Crippen molar-refractivity contribution < 1.29 is 19.5 Å². The molecule has 0 atom stereocenters. The molecule has 0 saturated carbocycles. The van der Waals surface area contributed by atoms with Crippen LogP contribution in [-0.4, -0.2) is 23.0 Å². The molecule has 3 rings (SSSR count). The SMILES string of the molecule is Cc1cc(N2C(=O)NC(=O)/C(=C\c3cc(Cl)ccc3O)C2=O)ccc1Br. The van der Waals surface area contributed by atoms with Crippen molar-refractivity contribution >= 4 is 57.1 Å². The highest BCUT2D eigenvalue weighted by Crippen LogP contribution is 2.28. The Hall–Kier alpha value is -2.64. The van der Waals surface area contributed by atoms with Crippen LogP contribution in [0.4, 0.5) is 10.5 Å². The van der Waals surface area contributed by atoms with Crippen LogP contribution in [0, 0.1) is 6.92 Å². The van der Waals surface area contributed by atoms with Gasteiger partial charge in [0.2, 0.25) is 0 Å². The first-order valence-corrected chi connectivity index (χ1v) is 8.61. The van der Waals surface area contributed by atoms with E-state index in [1.54, 1.807) is 18.2 Å². The molecule has 1 heterocycles. The van der Waals surface area contributed by atoms with Crippen molar-refractivity contribution in [2.45, 2.75) is 6.92 Å². The molecule has 0 spiro atoms. The first kappa shape index (κ1) is 18.2. The van der Waals surface area contributed by atoms with E-state index >= 15 is 0 Å². The Morgan fingerprint density at radius 2 is 1.88 bits per heavy atom. The Bertz CT molecular complexity index is 987. The lowest BCUT2D eigenvalue weighted by molar-refractivity contribution is -0.122. The number of hydrogen-bond acceptors (Lipinski definition) is 4. The Kier molecular flexibility index (Phi) is 4.84. The number of phenols is 1. The van der Waals surface area contributed by atoms with Crippen LogP contribution in [0.15, 0.2) is 46.4 Å². The van der Waals surface area contributed by atoms with E-state index in [4.69, 9.17) is 11.6 Å². The lowest BCUT2D eigenvalue weighted by atomic mass is 10.1. The van der Waals surface area contributed by atoms with E-state index < -0.39 is 17.8 Å². The molecule has 8 heteroatoms. The highest BCUT2D eigenvalue weighted by atomic mass is 79.9. The van der Waals surface area contributed by atoms with Gasteiger partial charge in [0.05, 0.1) is 5.69 Å². The van der Waals surface area contributed by atoms with Crippen molar-refractivity contribution in [1.29, 1.82) is 0 Å². The number of aryl methyl sites for hydroxylation is 1. The maximum Gasteiger partial charge on any atom is 0.335 e. The highest BCUT2D eigenvalue weighted by Gasteiger charge is 2.37. The second kappa shape index (κ2) is 6.93. The molecule has 1 aliphatic heterocycles. The number of benzene rings is 2. The average molecular weight is 436 g/mol. The van der Waals surface area contributed by atoms with Crippen LogP contribution >= 0.6 is 27.5 Å². The van der Waals surface area contributed by atoms with Crippen LogP contribution < -0.4 is 10.2 Å². The Labute approximate surface area is 162 Å². The van der Waals surface area contributed by atoms with Crippen LogP contribution in [0.3, 0.4) is 0 Å². The Morgan fingerprint density at radius 1 is 1.15 bits per heavy atom. The molecule has 0 radical (unpaired) electrons. The number of nitrogens with zero attached hydrogens (tertiary/aromatic N) is 1.